The Morgan fingerprint density at radius 2 is 1.84 bits per heavy atom. The highest BCUT2D eigenvalue weighted by Crippen LogP contribution is 2.30. The Labute approximate surface area is 219 Å². The Bertz CT molecular complexity index is 1030. The zero-order valence-electron chi connectivity index (χ0n) is 20.5. The second-order valence-electron chi connectivity index (χ2n) is 9.94. The summed E-state index contributed by atoms with van der Waals surface area (Å²) in [5.41, 5.74) is 7.60. The number of hydrogen-bond donors (Lipinski definition) is 5. The van der Waals surface area contributed by atoms with E-state index in [0.29, 0.717) is 55.0 Å². The van der Waals surface area contributed by atoms with Gasteiger partial charge in [0.15, 0.2) is 6.10 Å². The summed E-state index contributed by atoms with van der Waals surface area (Å²) >= 11 is 6.46. The van der Waals surface area contributed by atoms with Crippen LogP contribution in [0.4, 0.5) is 24.8 Å². The van der Waals surface area contributed by atoms with Crippen LogP contribution in [0.1, 0.15) is 38.5 Å². The van der Waals surface area contributed by atoms with Crippen molar-refractivity contribution in [3.05, 3.63) is 35.5 Å². The summed E-state index contributed by atoms with van der Waals surface area (Å²) in [5, 5.41) is 19.3. The molecule has 1 saturated carbocycles. The molecule has 2 aromatic rings. The highest BCUT2D eigenvalue weighted by molar-refractivity contribution is 6.33. The first-order valence-corrected chi connectivity index (χ1v) is 13.0. The molecule has 8 nitrogen and oxygen atoms in total. The fourth-order valence-electron chi connectivity index (χ4n) is 4.66. The minimum Gasteiger partial charge on any atom is -0.382 e. The van der Waals surface area contributed by atoms with E-state index in [0.717, 1.165) is 31.2 Å². The Morgan fingerprint density at radius 3 is 2.54 bits per heavy atom. The lowest BCUT2D eigenvalue weighted by Gasteiger charge is -2.33. The molecule has 4 rings (SSSR count). The summed E-state index contributed by atoms with van der Waals surface area (Å²) in [6, 6.07) is 7.62. The molecule has 1 aliphatic heterocycles. The van der Waals surface area contributed by atoms with Gasteiger partial charge in [-0.25, -0.2) is 9.97 Å². The summed E-state index contributed by atoms with van der Waals surface area (Å²) in [6.45, 7) is 1.42. The van der Waals surface area contributed by atoms with Crippen LogP contribution in [0.15, 0.2) is 30.5 Å². The first-order chi connectivity index (χ1) is 17.6. The number of rotatable bonds is 9. The summed E-state index contributed by atoms with van der Waals surface area (Å²) < 4.78 is 42.9. The molecule has 0 spiro atoms. The molecule has 0 radical (unpaired) electrons. The summed E-state index contributed by atoms with van der Waals surface area (Å²) in [4.78, 5) is 9.13. The van der Waals surface area contributed by atoms with Crippen molar-refractivity contribution < 1.29 is 23.0 Å². The van der Waals surface area contributed by atoms with Crippen LogP contribution in [0, 0.1) is 0 Å². The highest BCUT2D eigenvalue weighted by atomic mass is 35.5. The number of aliphatic hydroxyl groups is 1. The lowest BCUT2D eigenvalue weighted by molar-refractivity contribution is -0.202. The second-order valence-corrected chi connectivity index (χ2v) is 10.4. The number of nitrogens with one attached hydrogen (secondary N) is 3. The average molecular weight is 543 g/mol. The topological polar surface area (TPSA) is 117 Å². The normalized spacial score (nSPS) is 22.9. The molecule has 2 aliphatic rings. The maximum atomic E-state index is 12.5. The number of aromatic nitrogens is 2. The Hall–Kier alpha value is -2.18. The number of alkyl halides is 3. The van der Waals surface area contributed by atoms with E-state index in [1.54, 1.807) is 6.20 Å². The van der Waals surface area contributed by atoms with E-state index in [-0.39, 0.29) is 17.6 Å². The molecular weight excluding hydrogens is 509 g/mol. The minimum atomic E-state index is -4.61. The van der Waals surface area contributed by atoms with Gasteiger partial charge in [0.1, 0.15) is 11.6 Å². The lowest BCUT2D eigenvalue weighted by atomic mass is 9.91. The van der Waals surface area contributed by atoms with E-state index in [9.17, 15) is 18.3 Å². The number of hydrogen-bond acceptors (Lipinski definition) is 8. The number of aliphatic hydroxyl groups excluding tert-OH is 1. The molecule has 2 fully saturated rings. The number of nitrogens with zero attached hydrogens (tertiary/aromatic N) is 2. The van der Waals surface area contributed by atoms with Crippen molar-refractivity contribution in [2.75, 3.05) is 36.9 Å². The van der Waals surface area contributed by atoms with Crippen LogP contribution >= 0.6 is 11.6 Å². The van der Waals surface area contributed by atoms with Crippen LogP contribution in [0.25, 0.3) is 11.3 Å². The summed E-state index contributed by atoms with van der Waals surface area (Å²) in [6.07, 6.45) is -0.849. The summed E-state index contributed by atoms with van der Waals surface area (Å²) in [5.74, 6) is 1.37. The van der Waals surface area contributed by atoms with Crippen LogP contribution < -0.4 is 21.7 Å². The van der Waals surface area contributed by atoms with Crippen molar-refractivity contribution in [1.82, 2.24) is 15.3 Å². The van der Waals surface area contributed by atoms with E-state index in [1.807, 2.05) is 24.3 Å². The van der Waals surface area contributed by atoms with E-state index in [1.165, 1.54) is 0 Å². The molecule has 204 valence electrons. The van der Waals surface area contributed by atoms with Crippen molar-refractivity contribution in [3.63, 3.8) is 0 Å². The largest absolute Gasteiger partial charge is 0.415 e. The first-order valence-electron chi connectivity index (χ1n) is 12.6. The molecule has 0 bridgehead atoms. The van der Waals surface area contributed by atoms with Gasteiger partial charge in [0.2, 0.25) is 0 Å². The van der Waals surface area contributed by atoms with Gasteiger partial charge in [-0.1, -0.05) is 17.7 Å². The molecule has 37 heavy (non-hydrogen) atoms. The van der Waals surface area contributed by atoms with Gasteiger partial charge < -0.3 is 31.5 Å². The fourth-order valence-corrected chi connectivity index (χ4v) is 4.86. The van der Waals surface area contributed by atoms with Crippen molar-refractivity contribution in [1.29, 1.82) is 0 Å². The van der Waals surface area contributed by atoms with Gasteiger partial charge in [-0.2, -0.15) is 13.2 Å². The fraction of sp³-hybridized carbons (Fsp3) is 0.600. The quantitative estimate of drug-likeness (QED) is 0.323. The molecule has 0 aromatic carbocycles. The van der Waals surface area contributed by atoms with Crippen LogP contribution in [-0.2, 0) is 4.74 Å². The predicted octanol–water partition coefficient (Wildman–Crippen LogP) is 3.95. The Kier molecular flexibility index (Phi) is 9.12. The van der Waals surface area contributed by atoms with Crippen LogP contribution in [0.3, 0.4) is 0 Å². The van der Waals surface area contributed by atoms with Gasteiger partial charge in [-0.3, -0.25) is 0 Å². The van der Waals surface area contributed by atoms with Gasteiger partial charge in [-0.15, -0.1) is 0 Å². The van der Waals surface area contributed by atoms with Crippen molar-refractivity contribution in [2.45, 2.75) is 68.4 Å². The third-order valence-electron chi connectivity index (χ3n) is 7.05. The van der Waals surface area contributed by atoms with E-state index in [4.69, 9.17) is 27.1 Å². The number of anilines is 2. The number of halogens is 4. The van der Waals surface area contributed by atoms with E-state index in [2.05, 4.69) is 20.9 Å². The first kappa shape index (κ1) is 27.8. The third kappa shape index (κ3) is 7.90. The SMILES string of the molecule is NC1(CNc2cccc(-c3cc(NC4CCC(NC[C@@H](O)C(F)(F)F)CC4)ncc3Cl)n2)CCOCC1. The van der Waals surface area contributed by atoms with Crippen molar-refractivity contribution in [2.24, 2.45) is 5.73 Å². The van der Waals surface area contributed by atoms with Crippen LogP contribution in [0.2, 0.25) is 5.02 Å². The van der Waals surface area contributed by atoms with Gasteiger partial charge in [0.05, 0.1) is 10.7 Å². The van der Waals surface area contributed by atoms with Gasteiger partial charge in [-0.05, 0) is 56.7 Å². The Balaban J connectivity index is 1.33. The molecule has 3 heterocycles. The van der Waals surface area contributed by atoms with Gasteiger partial charge in [0, 0.05) is 55.7 Å². The molecular formula is C25H34ClF3N6O2. The average Bonchev–Trinajstić information content (AvgIpc) is 2.88. The van der Waals surface area contributed by atoms with Crippen molar-refractivity contribution >= 4 is 23.2 Å². The maximum absolute atomic E-state index is 12.5. The number of nitrogens with two attached hydrogens (primary N) is 1. The second kappa shape index (κ2) is 12.1. The molecule has 0 amide bonds. The molecule has 0 unspecified atom stereocenters. The van der Waals surface area contributed by atoms with E-state index < -0.39 is 18.8 Å². The number of ether oxygens (including phenoxy) is 1. The smallest absolute Gasteiger partial charge is 0.382 e. The molecule has 1 saturated heterocycles. The minimum absolute atomic E-state index is 0.0583. The van der Waals surface area contributed by atoms with Crippen LogP contribution in [0.5, 0.6) is 0 Å². The third-order valence-corrected chi connectivity index (χ3v) is 7.35. The standard InChI is InChI=1S/C25H34ClF3N6O2/c26-19-13-32-23(34-17-6-4-16(5-7-17)31-14-21(36)25(27,28)29)12-18(19)20-2-1-3-22(35-20)33-15-24(30)8-10-37-11-9-24/h1-3,12-13,16-17,21,31,36H,4-11,14-15,30H2,(H,32,34)(H,33,35)/t16?,17?,21-/m1/s1. The zero-order chi connectivity index (χ0) is 26.5. The predicted molar refractivity (Wildman–Crippen MR) is 138 cm³/mol. The monoisotopic (exact) mass is 542 g/mol. The summed E-state index contributed by atoms with van der Waals surface area (Å²) in [7, 11) is 0. The Morgan fingerprint density at radius 1 is 1.14 bits per heavy atom. The highest BCUT2D eigenvalue weighted by Gasteiger charge is 2.38. The van der Waals surface area contributed by atoms with Crippen LogP contribution in [-0.4, -0.2) is 71.3 Å². The molecule has 1 atom stereocenters. The molecule has 2 aromatic heterocycles. The lowest BCUT2D eigenvalue weighted by Crippen LogP contribution is -2.50. The molecule has 12 heteroatoms. The maximum Gasteiger partial charge on any atom is 0.415 e. The number of pyridine rings is 2. The van der Waals surface area contributed by atoms with E-state index >= 15 is 0 Å². The zero-order valence-corrected chi connectivity index (χ0v) is 21.3. The van der Waals surface area contributed by atoms with Gasteiger partial charge >= 0.3 is 6.18 Å². The van der Waals surface area contributed by atoms with Crippen molar-refractivity contribution in [3.8, 4) is 11.3 Å². The van der Waals surface area contributed by atoms with Gasteiger partial charge in [0.25, 0.3) is 0 Å². The molecule has 6 N–H and O–H groups in total. The molecule has 1 aliphatic carbocycles.